The van der Waals surface area contributed by atoms with Gasteiger partial charge in [-0.2, -0.15) is 17.8 Å². The number of nitrogens with one attached hydrogen (secondary N) is 2. The van der Waals surface area contributed by atoms with Crippen LogP contribution in [0, 0.1) is 32.4 Å². The van der Waals surface area contributed by atoms with E-state index in [0.717, 1.165) is 11.8 Å². The maximum absolute atomic E-state index is 5.97. The van der Waals surface area contributed by atoms with Crippen molar-refractivity contribution >= 4 is 6.21 Å². The number of aromatic nitrogens is 1. The van der Waals surface area contributed by atoms with Gasteiger partial charge < -0.3 is 17.3 Å². The molecule has 0 aliphatic heterocycles. The fourth-order valence-corrected chi connectivity index (χ4v) is 0.364. The molecule has 0 aliphatic carbocycles. The smallest absolute Gasteiger partial charge is 0.484 e. The summed E-state index contributed by atoms with van der Waals surface area (Å²) >= 11 is 0. The number of hydrogen-bond acceptors (Lipinski definition) is 1. The molecule has 1 aromatic rings. The Morgan fingerprint density at radius 2 is 2.00 bits per heavy atom. The zero-order valence-corrected chi connectivity index (χ0v) is 8.73. The molecule has 13 heavy (non-hydrogen) atoms. The third-order valence-corrected chi connectivity index (χ3v) is 0.686. The number of allylic oxidation sites excluding steroid dienone is 1. The number of hydrogen-bond donors (Lipinski definition) is 2. The van der Waals surface area contributed by atoms with Crippen molar-refractivity contribution in [3.05, 3.63) is 50.5 Å². The van der Waals surface area contributed by atoms with Crippen LogP contribution < -0.4 is 0 Å². The first kappa shape index (κ1) is 17.9. The van der Waals surface area contributed by atoms with Crippen molar-refractivity contribution in [1.29, 1.82) is 5.41 Å². The van der Waals surface area contributed by atoms with Gasteiger partial charge in [-0.3, -0.25) is 0 Å². The van der Waals surface area contributed by atoms with Crippen molar-refractivity contribution in [2.75, 3.05) is 0 Å². The van der Waals surface area contributed by atoms with Crippen LogP contribution in [-0.2, 0) is 16.5 Å². The van der Waals surface area contributed by atoms with Crippen molar-refractivity contribution < 1.29 is 16.5 Å². The van der Waals surface area contributed by atoms with E-state index in [-0.39, 0.29) is 16.5 Å². The van der Waals surface area contributed by atoms with Crippen LogP contribution in [0.25, 0.3) is 0 Å². The molecular weight excluding hydrogens is 207 g/mol. The fraction of sp³-hybridized carbons (Fsp3) is 0.100. The van der Waals surface area contributed by atoms with Gasteiger partial charge >= 0.3 is 16.5 Å². The van der Waals surface area contributed by atoms with Crippen LogP contribution in [0.4, 0.5) is 0 Å². The second kappa shape index (κ2) is 17.1. The summed E-state index contributed by atoms with van der Waals surface area (Å²) in [5.74, 6) is 0. The number of H-pyrrole nitrogens is 1. The third-order valence-electron chi connectivity index (χ3n) is 0.686. The molecule has 3 heteroatoms. The minimum atomic E-state index is 0. The maximum atomic E-state index is 5.97. The first-order chi connectivity index (χ1) is 5.72. The van der Waals surface area contributed by atoms with Crippen molar-refractivity contribution in [2.24, 2.45) is 0 Å². The van der Waals surface area contributed by atoms with E-state index in [9.17, 15) is 0 Å². The van der Waals surface area contributed by atoms with E-state index in [1.54, 1.807) is 0 Å². The first-order valence-electron chi connectivity index (χ1n) is 3.42. The van der Waals surface area contributed by atoms with Crippen LogP contribution in [0.15, 0.2) is 24.9 Å². The predicted octanol–water partition coefficient (Wildman–Crippen LogP) is 2.60. The molecule has 1 heterocycles. The number of aryl methyl sites for hydroxylation is 1. The molecule has 2 N–H and O–H groups in total. The second-order valence-corrected chi connectivity index (χ2v) is 1.78. The minimum absolute atomic E-state index is 0. The Morgan fingerprint density at radius 1 is 1.62 bits per heavy atom. The molecule has 1 rings (SSSR count). The molecule has 0 saturated carbocycles. The monoisotopic (exact) mass is 221 g/mol. The van der Waals surface area contributed by atoms with E-state index in [1.807, 2.05) is 19.2 Å². The Kier molecular flexibility index (Phi) is 23.5. The summed E-state index contributed by atoms with van der Waals surface area (Å²) in [5, 5.41) is 5.97. The molecule has 0 atom stereocenters. The topological polar surface area (TPSA) is 39.6 Å². The Bertz CT molecular complexity index is 175. The van der Waals surface area contributed by atoms with E-state index in [0.29, 0.717) is 0 Å². The Balaban J connectivity index is -0.000000126. The Morgan fingerprint density at radius 3 is 2.08 bits per heavy atom. The maximum Gasteiger partial charge on any atom is 3.00 e. The molecule has 2 nitrogen and oxygen atoms in total. The normalized spacial score (nSPS) is 5.92. The predicted molar refractivity (Wildman–Crippen MR) is 54.1 cm³/mol. The van der Waals surface area contributed by atoms with Crippen molar-refractivity contribution in [3.63, 3.8) is 0 Å². The number of aromatic amines is 1. The molecule has 0 aromatic carbocycles. The van der Waals surface area contributed by atoms with Gasteiger partial charge in [0.15, 0.2) is 0 Å². The molecule has 75 valence electrons. The fourth-order valence-electron chi connectivity index (χ4n) is 0.364. The summed E-state index contributed by atoms with van der Waals surface area (Å²) in [5.41, 5.74) is 1.16. The van der Waals surface area contributed by atoms with Crippen molar-refractivity contribution in [1.82, 2.24) is 4.98 Å². The third kappa shape index (κ3) is 24.8. The van der Waals surface area contributed by atoms with Gasteiger partial charge in [0.25, 0.3) is 0 Å². The average Bonchev–Trinajstić information content (AvgIpc) is 2.43. The molecule has 0 bridgehead atoms. The van der Waals surface area contributed by atoms with Gasteiger partial charge in [0.05, 0.1) is 0 Å². The molecule has 1 radical (unpaired) electrons. The minimum Gasteiger partial charge on any atom is -0.484 e. The summed E-state index contributed by atoms with van der Waals surface area (Å²) in [6.07, 6.45) is 7.23. The van der Waals surface area contributed by atoms with Crippen molar-refractivity contribution in [3.8, 4) is 0 Å². The van der Waals surface area contributed by atoms with Gasteiger partial charge in [-0.1, -0.05) is 6.92 Å². The van der Waals surface area contributed by atoms with Crippen LogP contribution in [0.2, 0.25) is 0 Å². The SMILES string of the molecule is C=C[CH2-].Cc1[c-][nH]cc1.[CH2-]C=N.[Ni+3]. The first-order valence-corrected chi connectivity index (χ1v) is 3.42. The zero-order valence-electron chi connectivity index (χ0n) is 7.75. The molecule has 0 fully saturated rings. The largest absolute Gasteiger partial charge is 3.00 e. The molecule has 1 aromatic heterocycles. The molecule has 0 saturated heterocycles. The van der Waals surface area contributed by atoms with Gasteiger partial charge in [0.2, 0.25) is 0 Å². The van der Waals surface area contributed by atoms with E-state index < -0.39 is 0 Å². The van der Waals surface area contributed by atoms with E-state index in [2.05, 4.69) is 31.6 Å². The van der Waals surface area contributed by atoms with Crippen LogP contribution in [0.3, 0.4) is 0 Å². The van der Waals surface area contributed by atoms with Gasteiger partial charge in [-0.25, -0.2) is 19.6 Å². The van der Waals surface area contributed by atoms with Crippen LogP contribution >= 0.6 is 0 Å². The van der Waals surface area contributed by atoms with Gasteiger partial charge in [0.1, 0.15) is 0 Å². The van der Waals surface area contributed by atoms with E-state index in [4.69, 9.17) is 5.41 Å². The standard InChI is InChI=1S/C5H6N.C3H5.C2H4N.Ni/c1-5-2-3-6-4-5;1-3-2;1-2-3;/h2-3,6H,1H3;3H,1-2H2;2-3H,1H2;/q3*-1;+3. The summed E-state index contributed by atoms with van der Waals surface area (Å²) < 4.78 is 0. The van der Waals surface area contributed by atoms with Crippen LogP contribution in [0.5, 0.6) is 0 Å². The Hall–Kier alpha value is -1.08. The van der Waals surface area contributed by atoms with Crippen LogP contribution in [-0.4, -0.2) is 11.2 Å². The summed E-state index contributed by atoms with van der Waals surface area (Å²) in [4.78, 5) is 2.80. The average molecular weight is 222 g/mol. The molecule has 0 aliphatic rings. The van der Waals surface area contributed by atoms with E-state index in [1.165, 1.54) is 6.08 Å². The number of rotatable bonds is 0. The molecular formula is C10H15N2Ni. The summed E-state index contributed by atoms with van der Waals surface area (Å²) in [6, 6.07) is 1.97. The zero-order chi connectivity index (χ0) is 9.82. The molecule has 0 unspecified atom stereocenters. The van der Waals surface area contributed by atoms with Gasteiger partial charge in [-0.05, 0) is 0 Å². The second-order valence-electron chi connectivity index (χ2n) is 1.78. The molecule has 0 spiro atoms. The van der Waals surface area contributed by atoms with Crippen molar-refractivity contribution in [2.45, 2.75) is 6.92 Å². The Labute approximate surface area is 90.9 Å². The van der Waals surface area contributed by atoms with E-state index >= 15 is 0 Å². The quantitative estimate of drug-likeness (QED) is 0.384. The summed E-state index contributed by atoms with van der Waals surface area (Å²) in [6.45, 7) is 11.5. The van der Waals surface area contributed by atoms with Gasteiger partial charge in [0, 0.05) is 0 Å². The summed E-state index contributed by atoms with van der Waals surface area (Å²) in [7, 11) is 0. The van der Waals surface area contributed by atoms with Crippen LogP contribution in [0.1, 0.15) is 5.56 Å². The van der Waals surface area contributed by atoms with Gasteiger partial charge in [-0.15, -0.1) is 12.4 Å². The molecule has 0 amide bonds.